The third kappa shape index (κ3) is 5.67. The summed E-state index contributed by atoms with van der Waals surface area (Å²) in [5, 5.41) is 6.75. The van der Waals surface area contributed by atoms with E-state index in [4.69, 9.17) is 19.4 Å². The lowest BCUT2D eigenvalue weighted by molar-refractivity contribution is 0.668. The maximum atomic E-state index is 6.59. The normalized spacial score (nSPS) is 11.7. The van der Waals surface area contributed by atoms with E-state index >= 15 is 0 Å². The number of aromatic nitrogens is 4. The topological polar surface area (TPSA) is 56.7 Å². The summed E-state index contributed by atoms with van der Waals surface area (Å²) in [6.45, 7) is 0. The molecule has 0 aliphatic rings. The van der Waals surface area contributed by atoms with E-state index in [0.29, 0.717) is 17.5 Å². The van der Waals surface area contributed by atoms with Crippen molar-refractivity contribution in [3.05, 3.63) is 206 Å². The Kier molecular flexibility index (Phi) is 7.78. The van der Waals surface area contributed by atoms with Gasteiger partial charge in [-0.05, 0) is 63.4 Å². The SMILES string of the molecule is c1ccc(-c2ccc(-c3nc(-c4ccc(-c5ccccc5)cc4)nc(-c4cc5c(cc4-n4c6ccccc6c6cc7ccccc7cc64)oc4ccccc45)n3)cc2)cc1. The van der Waals surface area contributed by atoms with Crippen molar-refractivity contribution in [2.24, 2.45) is 0 Å². The number of benzene rings is 9. The van der Waals surface area contributed by atoms with Gasteiger partial charge in [-0.15, -0.1) is 0 Å². The number of nitrogens with zero attached hydrogens (tertiary/aromatic N) is 4. The molecule has 0 atom stereocenters. The van der Waals surface area contributed by atoms with Crippen molar-refractivity contribution in [1.82, 2.24) is 19.5 Å². The molecule has 12 aromatic rings. The summed E-state index contributed by atoms with van der Waals surface area (Å²) in [6, 6.07) is 72.2. The van der Waals surface area contributed by atoms with Crippen LogP contribution in [0.1, 0.15) is 0 Å². The Balaban J connectivity index is 1.13. The largest absolute Gasteiger partial charge is 0.456 e. The number of hydrogen-bond donors (Lipinski definition) is 0. The number of para-hydroxylation sites is 2. The lowest BCUT2D eigenvalue weighted by Gasteiger charge is -2.15. The fraction of sp³-hybridized carbons (Fsp3) is 0. The fourth-order valence-corrected chi connectivity index (χ4v) is 8.68. The van der Waals surface area contributed by atoms with Gasteiger partial charge in [-0.1, -0.05) is 170 Å². The molecule has 3 heterocycles. The molecule has 0 spiro atoms. The van der Waals surface area contributed by atoms with Crippen molar-refractivity contribution < 1.29 is 4.42 Å². The van der Waals surface area contributed by atoms with Gasteiger partial charge >= 0.3 is 0 Å². The first kappa shape index (κ1) is 33.9. The second-order valence-corrected chi connectivity index (χ2v) is 15.2. The van der Waals surface area contributed by atoms with Crippen LogP contribution in [0.2, 0.25) is 0 Å². The van der Waals surface area contributed by atoms with Gasteiger partial charge in [0.1, 0.15) is 11.2 Å². The second kappa shape index (κ2) is 13.8. The van der Waals surface area contributed by atoms with E-state index < -0.39 is 0 Å². The van der Waals surface area contributed by atoms with Crippen molar-refractivity contribution >= 4 is 54.5 Å². The molecule has 3 aromatic heterocycles. The van der Waals surface area contributed by atoms with E-state index in [0.717, 1.165) is 77.6 Å². The molecule has 12 rings (SSSR count). The minimum Gasteiger partial charge on any atom is -0.456 e. The van der Waals surface area contributed by atoms with E-state index in [-0.39, 0.29) is 0 Å². The van der Waals surface area contributed by atoms with Crippen molar-refractivity contribution in [2.45, 2.75) is 0 Å². The highest BCUT2D eigenvalue weighted by Crippen LogP contribution is 2.41. The van der Waals surface area contributed by atoms with Gasteiger partial charge in [0.2, 0.25) is 0 Å². The summed E-state index contributed by atoms with van der Waals surface area (Å²) < 4.78 is 8.94. The highest BCUT2D eigenvalue weighted by Gasteiger charge is 2.22. The summed E-state index contributed by atoms with van der Waals surface area (Å²) in [4.78, 5) is 15.9. The molecule has 0 aliphatic carbocycles. The average Bonchev–Trinajstić information content (AvgIpc) is 3.85. The van der Waals surface area contributed by atoms with Crippen molar-refractivity contribution in [1.29, 1.82) is 0 Å². The summed E-state index contributed by atoms with van der Waals surface area (Å²) in [7, 11) is 0. The van der Waals surface area contributed by atoms with Crippen LogP contribution in [-0.4, -0.2) is 19.5 Å². The van der Waals surface area contributed by atoms with Gasteiger partial charge in [-0.25, -0.2) is 15.0 Å². The predicted molar refractivity (Wildman–Crippen MR) is 246 cm³/mol. The fourth-order valence-electron chi connectivity index (χ4n) is 8.68. The number of rotatable bonds is 6. The molecule has 0 N–H and O–H groups in total. The van der Waals surface area contributed by atoms with Crippen LogP contribution in [-0.2, 0) is 0 Å². The first-order valence-corrected chi connectivity index (χ1v) is 20.2. The molecule has 5 heteroatoms. The molecule has 60 heavy (non-hydrogen) atoms. The van der Waals surface area contributed by atoms with E-state index in [1.807, 2.05) is 24.3 Å². The molecule has 280 valence electrons. The van der Waals surface area contributed by atoms with Gasteiger partial charge < -0.3 is 8.98 Å². The van der Waals surface area contributed by atoms with E-state index in [1.165, 1.54) is 21.5 Å². The molecule has 0 unspecified atom stereocenters. The molecule has 9 aromatic carbocycles. The lowest BCUT2D eigenvalue weighted by Crippen LogP contribution is -2.04. The average molecular weight is 767 g/mol. The minimum atomic E-state index is 0.572. The maximum absolute atomic E-state index is 6.59. The first-order valence-electron chi connectivity index (χ1n) is 20.2. The zero-order valence-corrected chi connectivity index (χ0v) is 32.3. The van der Waals surface area contributed by atoms with Crippen LogP contribution < -0.4 is 0 Å². The van der Waals surface area contributed by atoms with Crippen LogP contribution in [0, 0.1) is 0 Å². The van der Waals surface area contributed by atoms with Crippen LogP contribution in [0.25, 0.3) is 117 Å². The van der Waals surface area contributed by atoms with Gasteiger partial charge in [0.15, 0.2) is 17.5 Å². The van der Waals surface area contributed by atoms with Gasteiger partial charge in [-0.2, -0.15) is 0 Å². The summed E-state index contributed by atoms with van der Waals surface area (Å²) in [5.74, 6) is 1.76. The molecule has 0 bridgehead atoms. The third-order valence-corrected chi connectivity index (χ3v) is 11.7. The standard InChI is InChI=1S/C55H34N4O/c1-3-13-35(14-4-1)37-23-27-39(28-24-37)53-56-54(40-29-25-38(26-30-40)36-15-5-2-6-16-36)58-55(57-53)47-33-46-44-20-10-12-22-51(44)60-52(46)34-50(47)59-48-21-11-9-19-43(48)45-31-41-17-7-8-18-42(41)32-49(45)59/h1-34H. The van der Waals surface area contributed by atoms with Gasteiger partial charge in [0.25, 0.3) is 0 Å². The van der Waals surface area contributed by atoms with Crippen molar-refractivity contribution in [2.75, 3.05) is 0 Å². The molecule has 0 saturated heterocycles. The van der Waals surface area contributed by atoms with Gasteiger partial charge in [0.05, 0.1) is 16.7 Å². The van der Waals surface area contributed by atoms with Crippen LogP contribution in [0.15, 0.2) is 211 Å². The molecule has 0 saturated carbocycles. The molecular weight excluding hydrogens is 733 g/mol. The Morgan fingerprint density at radius 2 is 0.817 bits per heavy atom. The van der Waals surface area contributed by atoms with E-state index in [9.17, 15) is 0 Å². The van der Waals surface area contributed by atoms with E-state index in [2.05, 4.69) is 187 Å². The van der Waals surface area contributed by atoms with Gasteiger partial charge in [0, 0.05) is 44.3 Å². The zero-order valence-electron chi connectivity index (χ0n) is 32.3. The van der Waals surface area contributed by atoms with Crippen LogP contribution in [0.4, 0.5) is 0 Å². The Morgan fingerprint density at radius 1 is 0.317 bits per heavy atom. The molecular formula is C55H34N4O. The predicted octanol–water partition coefficient (Wildman–Crippen LogP) is 14.4. The highest BCUT2D eigenvalue weighted by molar-refractivity contribution is 6.15. The molecule has 0 fully saturated rings. The molecule has 0 aliphatic heterocycles. The van der Waals surface area contributed by atoms with Crippen molar-refractivity contribution in [3.63, 3.8) is 0 Å². The number of furan rings is 1. The molecule has 0 amide bonds. The smallest absolute Gasteiger partial charge is 0.166 e. The first-order chi connectivity index (χ1) is 29.7. The zero-order chi connectivity index (χ0) is 39.6. The number of fused-ring (bicyclic) bond motifs is 7. The Labute approximate surface area is 345 Å². The summed E-state index contributed by atoms with van der Waals surface area (Å²) >= 11 is 0. The second-order valence-electron chi connectivity index (χ2n) is 15.2. The van der Waals surface area contributed by atoms with E-state index in [1.54, 1.807) is 0 Å². The van der Waals surface area contributed by atoms with Crippen molar-refractivity contribution in [3.8, 4) is 62.1 Å². The van der Waals surface area contributed by atoms with Crippen LogP contribution in [0.3, 0.4) is 0 Å². The monoisotopic (exact) mass is 766 g/mol. The Bertz CT molecular complexity index is 3470. The minimum absolute atomic E-state index is 0.572. The van der Waals surface area contributed by atoms with Gasteiger partial charge in [-0.3, -0.25) is 0 Å². The third-order valence-electron chi connectivity index (χ3n) is 11.7. The molecule has 5 nitrogen and oxygen atoms in total. The summed E-state index contributed by atoms with van der Waals surface area (Å²) in [5.41, 5.74) is 12.0. The lowest BCUT2D eigenvalue weighted by atomic mass is 10.0. The highest BCUT2D eigenvalue weighted by atomic mass is 16.3. The summed E-state index contributed by atoms with van der Waals surface area (Å²) in [6.07, 6.45) is 0. The van der Waals surface area contributed by atoms with Crippen LogP contribution >= 0.6 is 0 Å². The quantitative estimate of drug-likeness (QED) is 0.169. The Morgan fingerprint density at radius 3 is 1.47 bits per heavy atom. The maximum Gasteiger partial charge on any atom is 0.166 e. The molecule has 0 radical (unpaired) electrons. The number of hydrogen-bond acceptors (Lipinski definition) is 4. The van der Waals surface area contributed by atoms with Crippen LogP contribution in [0.5, 0.6) is 0 Å². The Hall–Kier alpha value is -8.15.